The maximum absolute atomic E-state index is 12.0. The molecule has 1 amide bonds. The minimum Gasteiger partial charge on any atom is -0.497 e. The zero-order valence-corrected chi connectivity index (χ0v) is 14.3. The molecule has 23 heavy (non-hydrogen) atoms. The van der Waals surface area contributed by atoms with Gasteiger partial charge in [0.2, 0.25) is 0 Å². The minimum absolute atomic E-state index is 0.0815. The number of hydrogen-bond acceptors (Lipinski definition) is 3. The third-order valence-electron chi connectivity index (χ3n) is 3.24. The van der Waals surface area contributed by atoms with Crippen molar-refractivity contribution in [3.05, 3.63) is 58.1 Å². The number of rotatable bonds is 6. The van der Waals surface area contributed by atoms with Gasteiger partial charge >= 0.3 is 0 Å². The van der Waals surface area contributed by atoms with Crippen LogP contribution in [0.2, 0.25) is 10.0 Å². The molecule has 0 aliphatic rings. The molecule has 2 aromatic rings. The number of carbonyl (C=O) groups excluding carboxylic acids is 1. The Morgan fingerprint density at radius 2 is 1.78 bits per heavy atom. The van der Waals surface area contributed by atoms with Gasteiger partial charge in [0.05, 0.1) is 13.2 Å². The quantitative estimate of drug-likeness (QED) is 0.843. The van der Waals surface area contributed by atoms with Gasteiger partial charge in [0.1, 0.15) is 11.5 Å². The Morgan fingerprint density at radius 3 is 2.39 bits per heavy atom. The number of amides is 1. The maximum Gasteiger partial charge on any atom is 0.258 e. The van der Waals surface area contributed by atoms with Gasteiger partial charge in [-0.15, -0.1) is 0 Å². The van der Waals surface area contributed by atoms with Crippen LogP contribution in [-0.2, 0) is 4.79 Å². The molecule has 6 heteroatoms. The van der Waals surface area contributed by atoms with Crippen molar-refractivity contribution in [2.24, 2.45) is 0 Å². The number of nitrogens with one attached hydrogen (secondary N) is 1. The van der Waals surface area contributed by atoms with E-state index in [2.05, 4.69) is 5.32 Å². The number of hydrogen-bond donors (Lipinski definition) is 1. The Morgan fingerprint density at radius 1 is 1.13 bits per heavy atom. The summed E-state index contributed by atoms with van der Waals surface area (Å²) < 4.78 is 10.5. The molecule has 1 N–H and O–H groups in total. The van der Waals surface area contributed by atoms with Gasteiger partial charge in [0, 0.05) is 10.0 Å². The van der Waals surface area contributed by atoms with Crippen LogP contribution in [-0.4, -0.2) is 19.6 Å². The molecule has 0 bridgehead atoms. The predicted molar refractivity (Wildman–Crippen MR) is 91.5 cm³/mol. The summed E-state index contributed by atoms with van der Waals surface area (Å²) in [6.45, 7) is 1.77. The van der Waals surface area contributed by atoms with Gasteiger partial charge in [0.25, 0.3) is 5.91 Å². The Kier molecular flexibility index (Phi) is 6.13. The molecule has 0 aromatic heterocycles. The summed E-state index contributed by atoms with van der Waals surface area (Å²) in [6.07, 6.45) is 0. The Bertz CT molecular complexity index is 674. The number of carbonyl (C=O) groups is 1. The van der Waals surface area contributed by atoms with Gasteiger partial charge in [-0.2, -0.15) is 0 Å². The first-order valence-corrected chi connectivity index (χ1v) is 7.76. The van der Waals surface area contributed by atoms with Crippen LogP contribution in [0.4, 0.5) is 0 Å². The molecule has 0 unspecified atom stereocenters. The van der Waals surface area contributed by atoms with E-state index < -0.39 is 0 Å². The highest BCUT2D eigenvalue weighted by Crippen LogP contribution is 2.26. The lowest BCUT2D eigenvalue weighted by Gasteiger charge is -2.16. The Labute approximate surface area is 145 Å². The SMILES string of the molecule is COc1ccc(OCC(=O)N[C@H](C)c2ccc(Cl)cc2Cl)cc1. The van der Waals surface area contributed by atoms with Crippen LogP contribution in [0.25, 0.3) is 0 Å². The first-order valence-electron chi connectivity index (χ1n) is 7.00. The largest absolute Gasteiger partial charge is 0.497 e. The van der Waals surface area contributed by atoms with Crippen LogP contribution >= 0.6 is 23.2 Å². The van der Waals surface area contributed by atoms with Gasteiger partial charge < -0.3 is 14.8 Å². The van der Waals surface area contributed by atoms with E-state index in [9.17, 15) is 4.79 Å². The third-order valence-corrected chi connectivity index (χ3v) is 3.80. The maximum atomic E-state index is 12.0. The molecular weight excluding hydrogens is 337 g/mol. The molecule has 0 heterocycles. The normalized spacial score (nSPS) is 11.7. The summed E-state index contributed by atoms with van der Waals surface area (Å²) in [4.78, 5) is 12.0. The van der Waals surface area contributed by atoms with Crippen LogP contribution in [0, 0.1) is 0 Å². The summed E-state index contributed by atoms with van der Waals surface area (Å²) in [7, 11) is 1.59. The van der Waals surface area contributed by atoms with Crippen molar-refractivity contribution in [3.8, 4) is 11.5 Å². The standard InChI is InChI=1S/C17H17Cl2NO3/c1-11(15-8-3-12(18)9-16(15)19)20-17(21)10-23-14-6-4-13(22-2)5-7-14/h3-9,11H,10H2,1-2H3,(H,20,21)/t11-/m1/s1. The first-order chi connectivity index (χ1) is 11.0. The second kappa shape index (κ2) is 8.09. The van der Waals surface area contributed by atoms with E-state index in [1.165, 1.54) is 0 Å². The fourth-order valence-corrected chi connectivity index (χ4v) is 2.61. The first kappa shape index (κ1) is 17.4. The summed E-state index contributed by atoms with van der Waals surface area (Å²) in [5, 5.41) is 3.90. The van der Waals surface area contributed by atoms with E-state index in [0.29, 0.717) is 15.8 Å². The van der Waals surface area contributed by atoms with E-state index in [1.54, 1.807) is 49.6 Å². The lowest BCUT2D eigenvalue weighted by atomic mass is 10.1. The van der Waals surface area contributed by atoms with Crippen molar-refractivity contribution in [1.82, 2.24) is 5.32 Å². The summed E-state index contributed by atoms with van der Waals surface area (Å²) >= 11 is 12.0. The van der Waals surface area contributed by atoms with Gasteiger partial charge in [-0.1, -0.05) is 29.3 Å². The fraction of sp³-hybridized carbons (Fsp3) is 0.235. The Balaban J connectivity index is 1.88. The van der Waals surface area contributed by atoms with Crippen molar-refractivity contribution in [2.75, 3.05) is 13.7 Å². The van der Waals surface area contributed by atoms with E-state index in [1.807, 2.05) is 6.92 Å². The summed E-state index contributed by atoms with van der Waals surface area (Å²) in [6, 6.07) is 11.9. The predicted octanol–water partition coefficient (Wildman–Crippen LogP) is 4.26. The average molecular weight is 354 g/mol. The van der Waals surface area contributed by atoms with Crippen molar-refractivity contribution in [1.29, 1.82) is 0 Å². The lowest BCUT2D eigenvalue weighted by Crippen LogP contribution is -2.31. The monoisotopic (exact) mass is 353 g/mol. The van der Waals surface area contributed by atoms with Crippen molar-refractivity contribution in [3.63, 3.8) is 0 Å². The number of halogens is 2. The van der Waals surface area contributed by atoms with Crippen LogP contribution in [0.1, 0.15) is 18.5 Å². The summed E-state index contributed by atoms with van der Waals surface area (Å²) in [5.74, 6) is 1.09. The number of ether oxygens (including phenoxy) is 2. The fourth-order valence-electron chi connectivity index (χ4n) is 2.03. The van der Waals surface area contributed by atoms with E-state index >= 15 is 0 Å². The lowest BCUT2D eigenvalue weighted by molar-refractivity contribution is -0.123. The van der Waals surface area contributed by atoms with Crippen LogP contribution < -0.4 is 14.8 Å². The topological polar surface area (TPSA) is 47.6 Å². The summed E-state index contributed by atoms with van der Waals surface area (Å²) in [5.41, 5.74) is 0.800. The minimum atomic E-state index is -0.244. The highest BCUT2D eigenvalue weighted by atomic mass is 35.5. The zero-order chi connectivity index (χ0) is 16.8. The van der Waals surface area contributed by atoms with Crippen molar-refractivity contribution in [2.45, 2.75) is 13.0 Å². The molecule has 0 saturated carbocycles. The van der Waals surface area contributed by atoms with Crippen LogP contribution in [0.5, 0.6) is 11.5 Å². The molecule has 2 aromatic carbocycles. The second-order valence-corrected chi connectivity index (χ2v) is 5.76. The molecule has 1 atom stereocenters. The van der Waals surface area contributed by atoms with E-state index in [4.69, 9.17) is 32.7 Å². The molecule has 0 aliphatic heterocycles. The smallest absolute Gasteiger partial charge is 0.258 e. The van der Waals surface area contributed by atoms with Gasteiger partial charge in [-0.3, -0.25) is 4.79 Å². The van der Waals surface area contributed by atoms with Gasteiger partial charge in [0.15, 0.2) is 6.61 Å². The number of benzene rings is 2. The van der Waals surface area contributed by atoms with Crippen LogP contribution in [0.3, 0.4) is 0 Å². The molecule has 0 spiro atoms. The van der Waals surface area contributed by atoms with Gasteiger partial charge in [-0.05, 0) is 48.9 Å². The highest BCUT2D eigenvalue weighted by molar-refractivity contribution is 6.35. The van der Waals surface area contributed by atoms with Crippen LogP contribution in [0.15, 0.2) is 42.5 Å². The van der Waals surface area contributed by atoms with Crippen molar-refractivity contribution >= 4 is 29.1 Å². The van der Waals surface area contributed by atoms with E-state index in [0.717, 1.165) is 11.3 Å². The second-order valence-electron chi connectivity index (χ2n) is 4.92. The molecular formula is C17H17Cl2NO3. The molecule has 0 fully saturated rings. The van der Waals surface area contributed by atoms with Crippen molar-refractivity contribution < 1.29 is 14.3 Å². The molecule has 4 nitrogen and oxygen atoms in total. The van der Waals surface area contributed by atoms with E-state index in [-0.39, 0.29) is 18.6 Å². The van der Waals surface area contributed by atoms with Gasteiger partial charge in [-0.25, -0.2) is 0 Å². The average Bonchev–Trinajstić information content (AvgIpc) is 2.53. The zero-order valence-electron chi connectivity index (χ0n) is 12.8. The molecule has 0 aliphatic carbocycles. The Hall–Kier alpha value is -1.91. The molecule has 0 saturated heterocycles. The number of methoxy groups -OCH3 is 1. The molecule has 122 valence electrons. The highest BCUT2D eigenvalue weighted by Gasteiger charge is 2.13. The third kappa shape index (κ3) is 5.05. The molecule has 2 rings (SSSR count). The molecule has 0 radical (unpaired) electrons.